The van der Waals surface area contributed by atoms with E-state index in [1.54, 1.807) is 0 Å². The van der Waals surface area contributed by atoms with Gasteiger partial charge in [0.15, 0.2) is 0 Å². The number of carboxylic acid groups (broad SMARTS) is 1. The Kier molecular flexibility index (Phi) is 5.48. The predicted octanol–water partition coefficient (Wildman–Crippen LogP) is 3.92. The van der Waals surface area contributed by atoms with Crippen LogP contribution in [0.2, 0.25) is 0 Å². The Morgan fingerprint density at radius 2 is 1.75 bits per heavy atom. The monoisotopic (exact) mass is 281 g/mol. The van der Waals surface area contributed by atoms with E-state index in [9.17, 15) is 9.90 Å². The SMILES string of the molecule is CCN(CC1(C(=O)O)CCC(C)CC1)C1CCCCC1. The summed E-state index contributed by atoms with van der Waals surface area (Å²) >= 11 is 0. The highest BCUT2D eigenvalue weighted by Gasteiger charge is 2.43. The van der Waals surface area contributed by atoms with Crippen LogP contribution in [0.15, 0.2) is 0 Å². The van der Waals surface area contributed by atoms with Gasteiger partial charge in [-0.3, -0.25) is 9.69 Å². The lowest BCUT2D eigenvalue weighted by atomic mass is 9.70. The lowest BCUT2D eigenvalue weighted by Crippen LogP contribution is -2.49. The Morgan fingerprint density at radius 1 is 1.15 bits per heavy atom. The molecule has 1 N–H and O–H groups in total. The molecule has 0 saturated heterocycles. The van der Waals surface area contributed by atoms with Gasteiger partial charge in [-0.15, -0.1) is 0 Å². The molecule has 0 amide bonds. The topological polar surface area (TPSA) is 40.5 Å². The lowest BCUT2D eigenvalue weighted by molar-refractivity contribution is -0.153. The van der Waals surface area contributed by atoms with Gasteiger partial charge in [-0.25, -0.2) is 0 Å². The second-order valence-electron chi connectivity index (χ2n) is 7.12. The Bertz CT molecular complexity index is 315. The van der Waals surface area contributed by atoms with Gasteiger partial charge in [0.1, 0.15) is 0 Å². The number of aliphatic carboxylic acids is 1. The van der Waals surface area contributed by atoms with Crippen LogP contribution in [0.5, 0.6) is 0 Å². The molecule has 2 fully saturated rings. The average molecular weight is 281 g/mol. The first-order valence-corrected chi connectivity index (χ1v) is 8.55. The third-order valence-corrected chi connectivity index (χ3v) is 5.69. The highest BCUT2D eigenvalue weighted by Crippen LogP contribution is 2.40. The van der Waals surface area contributed by atoms with Crippen molar-refractivity contribution < 1.29 is 9.90 Å². The molecule has 3 nitrogen and oxygen atoms in total. The van der Waals surface area contributed by atoms with E-state index in [1.807, 2.05) is 0 Å². The Balaban J connectivity index is 2.03. The first kappa shape index (κ1) is 15.8. The van der Waals surface area contributed by atoms with E-state index < -0.39 is 11.4 Å². The van der Waals surface area contributed by atoms with Gasteiger partial charge in [0, 0.05) is 12.6 Å². The van der Waals surface area contributed by atoms with Gasteiger partial charge < -0.3 is 5.11 Å². The van der Waals surface area contributed by atoms with E-state index in [2.05, 4.69) is 18.7 Å². The zero-order valence-corrected chi connectivity index (χ0v) is 13.2. The van der Waals surface area contributed by atoms with Crippen LogP contribution in [0, 0.1) is 11.3 Å². The summed E-state index contributed by atoms with van der Waals surface area (Å²) in [4.78, 5) is 14.4. The van der Waals surface area contributed by atoms with E-state index in [0.29, 0.717) is 12.0 Å². The van der Waals surface area contributed by atoms with Crippen molar-refractivity contribution in [2.45, 2.75) is 77.7 Å². The molecule has 0 aliphatic heterocycles. The van der Waals surface area contributed by atoms with Crippen LogP contribution >= 0.6 is 0 Å². The van der Waals surface area contributed by atoms with Crippen molar-refractivity contribution in [1.29, 1.82) is 0 Å². The standard InChI is InChI=1S/C17H31NO2/c1-3-18(15-7-5-4-6-8-15)13-17(16(19)20)11-9-14(2)10-12-17/h14-15H,3-13H2,1-2H3,(H,19,20). The summed E-state index contributed by atoms with van der Waals surface area (Å²) in [7, 11) is 0. The maximum Gasteiger partial charge on any atom is 0.310 e. The van der Waals surface area contributed by atoms with Crippen LogP contribution in [-0.2, 0) is 4.79 Å². The van der Waals surface area contributed by atoms with Gasteiger partial charge in [-0.2, -0.15) is 0 Å². The summed E-state index contributed by atoms with van der Waals surface area (Å²) in [6, 6.07) is 0.629. The van der Waals surface area contributed by atoms with Crippen LogP contribution < -0.4 is 0 Å². The normalized spacial score (nSPS) is 32.5. The molecule has 0 spiro atoms. The smallest absolute Gasteiger partial charge is 0.310 e. The molecule has 2 aliphatic carbocycles. The number of rotatable bonds is 5. The van der Waals surface area contributed by atoms with Crippen molar-refractivity contribution in [2.24, 2.45) is 11.3 Å². The molecule has 0 unspecified atom stereocenters. The van der Waals surface area contributed by atoms with Crippen molar-refractivity contribution in [3.05, 3.63) is 0 Å². The van der Waals surface area contributed by atoms with E-state index in [0.717, 1.165) is 38.8 Å². The lowest BCUT2D eigenvalue weighted by Gasteiger charge is -2.42. The molecule has 0 bridgehead atoms. The molecular formula is C17H31NO2. The van der Waals surface area contributed by atoms with Gasteiger partial charge in [-0.05, 0) is 51.0 Å². The van der Waals surface area contributed by atoms with Gasteiger partial charge in [0.25, 0.3) is 0 Å². The van der Waals surface area contributed by atoms with Gasteiger partial charge in [0.2, 0.25) is 0 Å². The fraction of sp³-hybridized carbons (Fsp3) is 0.941. The highest BCUT2D eigenvalue weighted by atomic mass is 16.4. The van der Waals surface area contributed by atoms with Crippen molar-refractivity contribution >= 4 is 5.97 Å². The molecule has 2 saturated carbocycles. The minimum absolute atomic E-state index is 0.472. The highest BCUT2D eigenvalue weighted by molar-refractivity contribution is 5.75. The maximum atomic E-state index is 11.9. The first-order chi connectivity index (χ1) is 9.57. The van der Waals surface area contributed by atoms with Crippen molar-refractivity contribution in [1.82, 2.24) is 4.90 Å². The van der Waals surface area contributed by atoms with Gasteiger partial charge >= 0.3 is 5.97 Å². The molecule has 116 valence electrons. The predicted molar refractivity (Wildman–Crippen MR) is 81.8 cm³/mol. The van der Waals surface area contributed by atoms with Crippen LogP contribution in [0.3, 0.4) is 0 Å². The van der Waals surface area contributed by atoms with Crippen LogP contribution in [0.4, 0.5) is 0 Å². The van der Waals surface area contributed by atoms with E-state index in [1.165, 1.54) is 32.1 Å². The summed E-state index contributed by atoms with van der Waals surface area (Å²) in [6.07, 6.45) is 10.4. The molecular weight excluding hydrogens is 250 g/mol. The molecule has 0 aromatic rings. The molecule has 0 radical (unpaired) electrons. The molecule has 0 aromatic heterocycles. The van der Waals surface area contributed by atoms with Crippen LogP contribution in [-0.4, -0.2) is 35.1 Å². The Labute approximate surface area is 123 Å². The number of nitrogens with zero attached hydrogens (tertiary/aromatic N) is 1. The van der Waals surface area contributed by atoms with E-state index in [-0.39, 0.29) is 0 Å². The number of carboxylic acids is 1. The Morgan fingerprint density at radius 3 is 2.25 bits per heavy atom. The maximum absolute atomic E-state index is 11.9. The van der Waals surface area contributed by atoms with Crippen molar-refractivity contribution in [3.63, 3.8) is 0 Å². The molecule has 2 rings (SSSR count). The van der Waals surface area contributed by atoms with E-state index in [4.69, 9.17) is 0 Å². The average Bonchev–Trinajstić information content (AvgIpc) is 2.47. The van der Waals surface area contributed by atoms with Crippen LogP contribution in [0.25, 0.3) is 0 Å². The molecule has 0 heterocycles. The third-order valence-electron chi connectivity index (χ3n) is 5.69. The summed E-state index contributed by atoms with van der Waals surface area (Å²) in [5.74, 6) is 0.144. The molecule has 0 atom stereocenters. The minimum atomic E-state index is -0.557. The number of hydrogen-bond acceptors (Lipinski definition) is 2. The quantitative estimate of drug-likeness (QED) is 0.830. The zero-order chi connectivity index (χ0) is 14.6. The second-order valence-corrected chi connectivity index (χ2v) is 7.12. The summed E-state index contributed by atoms with van der Waals surface area (Å²) in [5.41, 5.74) is -0.472. The second kappa shape index (κ2) is 6.93. The fourth-order valence-electron chi connectivity index (χ4n) is 4.09. The fourth-order valence-corrected chi connectivity index (χ4v) is 4.09. The molecule has 0 aromatic carbocycles. The third kappa shape index (κ3) is 3.55. The van der Waals surface area contributed by atoms with Gasteiger partial charge in [0.05, 0.1) is 5.41 Å². The summed E-state index contributed by atoms with van der Waals surface area (Å²) < 4.78 is 0. The summed E-state index contributed by atoms with van der Waals surface area (Å²) in [6.45, 7) is 6.21. The summed E-state index contributed by atoms with van der Waals surface area (Å²) in [5, 5.41) is 9.79. The van der Waals surface area contributed by atoms with Crippen molar-refractivity contribution in [2.75, 3.05) is 13.1 Å². The van der Waals surface area contributed by atoms with Gasteiger partial charge in [-0.1, -0.05) is 33.1 Å². The molecule has 3 heteroatoms. The Hall–Kier alpha value is -0.570. The first-order valence-electron chi connectivity index (χ1n) is 8.55. The number of hydrogen-bond donors (Lipinski definition) is 1. The van der Waals surface area contributed by atoms with Crippen molar-refractivity contribution in [3.8, 4) is 0 Å². The minimum Gasteiger partial charge on any atom is -0.481 e. The van der Waals surface area contributed by atoms with Crippen LogP contribution in [0.1, 0.15) is 71.6 Å². The molecule has 20 heavy (non-hydrogen) atoms. The number of carbonyl (C=O) groups is 1. The zero-order valence-electron chi connectivity index (χ0n) is 13.2. The van der Waals surface area contributed by atoms with E-state index >= 15 is 0 Å². The largest absolute Gasteiger partial charge is 0.481 e. The molecule has 2 aliphatic rings.